The highest BCUT2D eigenvalue weighted by Gasteiger charge is 2.21. The molecule has 1 aromatic rings. The molecule has 0 bridgehead atoms. The Morgan fingerprint density at radius 1 is 1.21 bits per heavy atom. The lowest BCUT2D eigenvalue weighted by Crippen LogP contribution is -2.12. The largest absolute Gasteiger partial charge is 0.216 e. The molecule has 1 aromatic carbocycles. The molecule has 0 atom stereocenters. The molecule has 0 nitrogen and oxygen atoms in total. The van der Waals surface area contributed by atoms with Gasteiger partial charge in [-0.1, -0.05) is 31.6 Å². The first-order valence-electron chi connectivity index (χ1n) is 7.28. The van der Waals surface area contributed by atoms with Crippen LogP contribution < -0.4 is 0 Å². The summed E-state index contributed by atoms with van der Waals surface area (Å²) in [6.07, 6.45) is 8.25. The molecule has 104 valence electrons. The molecule has 1 fully saturated rings. The Balaban J connectivity index is 2.03. The Morgan fingerprint density at radius 3 is 2.53 bits per heavy atom. The van der Waals surface area contributed by atoms with Crippen LogP contribution in [-0.2, 0) is 6.42 Å². The summed E-state index contributed by atoms with van der Waals surface area (Å²) in [5, 5.41) is 0. The molecule has 0 amide bonds. The van der Waals surface area contributed by atoms with E-state index in [-0.39, 0.29) is 5.82 Å². The molecular weight excluding hydrogens is 242 g/mol. The van der Waals surface area contributed by atoms with Crippen LogP contribution in [0.25, 0.3) is 0 Å². The van der Waals surface area contributed by atoms with Crippen LogP contribution in [0, 0.1) is 11.7 Å². The van der Waals surface area contributed by atoms with Crippen molar-refractivity contribution in [3.63, 3.8) is 0 Å². The highest BCUT2D eigenvalue weighted by Crippen LogP contribution is 2.37. The van der Waals surface area contributed by atoms with Crippen molar-refractivity contribution in [2.45, 2.75) is 51.4 Å². The van der Waals surface area contributed by atoms with Crippen LogP contribution in [-0.4, -0.2) is 0 Å². The number of halogens is 2. The van der Waals surface area contributed by atoms with Crippen LogP contribution in [0.4, 0.5) is 8.78 Å². The molecule has 0 unspecified atom stereocenters. The molecule has 19 heavy (non-hydrogen) atoms. The van der Waals surface area contributed by atoms with E-state index in [1.807, 2.05) is 6.07 Å². The Hall–Kier alpha value is -1.18. The SMILES string of the molecule is CCC1CCC(c2ccc(CC=CF)c(F)c2)CC1. The molecule has 0 N–H and O–H groups in total. The van der Waals surface area contributed by atoms with Gasteiger partial charge < -0.3 is 0 Å². The van der Waals surface area contributed by atoms with Crippen molar-refractivity contribution < 1.29 is 8.78 Å². The minimum atomic E-state index is -0.201. The number of benzene rings is 1. The monoisotopic (exact) mass is 264 g/mol. The van der Waals surface area contributed by atoms with Gasteiger partial charge in [-0.05, 0) is 61.1 Å². The van der Waals surface area contributed by atoms with Gasteiger partial charge in [-0.25, -0.2) is 8.78 Å². The Morgan fingerprint density at radius 2 is 1.95 bits per heavy atom. The predicted octanol–water partition coefficient (Wildman–Crippen LogP) is 5.54. The fourth-order valence-electron chi connectivity index (χ4n) is 3.06. The maximum Gasteiger partial charge on any atom is 0.126 e. The molecule has 2 rings (SSSR count). The number of rotatable bonds is 4. The van der Waals surface area contributed by atoms with E-state index in [1.165, 1.54) is 38.2 Å². The summed E-state index contributed by atoms with van der Waals surface area (Å²) < 4.78 is 25.9. The maximum atomic E-state index is 13.9. The highest BCUT2D eigenvalue weighted by molar-refractivity contribution is 5.28. The first-order valence-corrected chi connectivity index (χ1v) is 7.28. The van der Waals surface area contributed by atoms with Crippen molar-refractivity contribution in [3.05, 3.63) is 47.5 Å². The van der Waals surface area contributed by atoms with E-state index < -0.39 is 0 Å². The number of hydrogen-bond donors (Lipinski definition) is 0. The van der Waals surface area contributed by atoms with E-state index in [0.29, 0.717) is 24.2 Å². The van der Waals surface area contributed by atoms with E-state index in [2.05, 4.69) is 6.92 Å². The Labute approximate surface area is 114 Å². The van der Waals surface area contributed by atoms with E-state index >= 15 is 0 Å². The molecule has 0 radical (unpaired) electrons. The number of hydrogen-bond acceptors (Lipinski definition) is 0. The Bertz CT molecular complexity index is 429. The second kappa shape index (κ2) is 6.83. The third-order valence-electron chi connectivity index (χ3n) is 4.40. The zero-order valence-electron chi connectivity index (χ0n) is 11.5. The zero-order valence-corrected chi connectivity index (χ0v) is 11.5. The third-order valence-corrected chi connectivity index (χ3v) is 4.40. The van der Waals surface area contributed by atoms with Crippen molar-refractivity contribution in [3.8, 4) is 0 Å². The minimum Gasteiger partial charge on any atom is -0.216 e. The summed E-state index contributed by atoms with van der Waals surface area (Å²) >= 11 is 0. The van der Waals surface area contributed by atoms with Crippen molar-refractivity contribution >= 4 is 0 Å². The minimum absolute atomic E-state index is 0.201. The van der Waals surface area contributed by atoms with Gasteiger partial charge in [0.25, 0.3) is 0 Å². The van der Waals surface area contributed by atoms with E-state index in [9.17, 15) is 8.78 Å². The Kier molecular flexibility index (Phi) is 5.12. The van der Waals surface area contributed by atoms with Crippen molar-refractivity contribution in [1.82, 2.24) is 0 Å². The molecule has 0 aromatic heterocycles. The maximum absolute atomic E-state index is 13.9. The van der Waals surface area contributed by atoms with Crippen molar-refractivity contribution in [1.29, 1.82) is 0 Å². The van der Waals surface area contributed by atoms with Gasteiger partial charge in [0, 0.05) is 0 Å². The molecule has 1 saturated carbocycles. The smallest absolute Gasteiger partial charge is 0.126 e. The summed E-state index contributed by atoms with van der Waals surface area (Å²) in [7, 11) is 0. The van der Waals surface area contributed by atoms with Crippen molar-refractivity contribution in [2.24, 2.45) is 5.92 Å². The number of allylic oxidation sites excluding steroid dienone is 1. The van der Waals surface area contributed by atoms with Crippen LogP contribution in [0.15, 0.2) is 30.6 Å². The molecule has 2 heteroatoms. The van der Waals surface area contributed by atoms with E-state index in [1.54, 1.807) is 12.1 Å². The third kappa shape index (κ3) is 3.65. The summed E-state index contributed by atoms with van der Waals surface area (Å²) in [5.41, 5.74) is 1.68. The molecule has 1 aliphatic carbocycles. The van der Waals surface area contributed by atoms with Crippen LogP contribution in [0.5, 0.6) is 0 Å². The van der Waals surface area contributed by atoms with Gasteiger partial charge in [-0.15, -0.1) is 0 Å². The van der Waals surface area contributed by atoms with Crippen LogP contribution in [0.2, 0.25) is 0 Å². The molecule has 1 aliphatic rings. The normalized spacial score (nSPS) is 23.9. The summed E-state index contributed by atoms with van der Waals surface area (Å²) in [5.74, 6) is 1.16. The van der Waals surface area contributed by atoms with Crippen LogP contribution in [0.1, 0.15) is 56.1 Å². The molecule has 0 aliphatic heterocycles. The highest BCUT2D eigenvalue weighted by atomic mass is 19.1. The van der Waals surface area contributed by atoms with Gasteiger partial charge in [0.05, 0.1) is 6.33 Å². The first kappa shape index (κ1) is 14.2. The fraction of sp³-hybridized carbons (Fsp3) is 0.529. The van der Waals surface area contributed by atoms with Gasteiger partial charge in [0.2, 0.25) is 0 Å². The molecule has 0 heterocycles. The lowest BCUT2D eigenvalue weighted by Gasteiger charge is -2.28. The van der Waals surface area contributed by atoms with E-state index in [0.717, 1.165) is 11.5 Å². The van der Waals surface area contributed by atoms with Crippen LogP contribution in [0.3, 0.4) is 0 Å². The van der Waals surface area contributed by atoms with Crippen LogP contribution >= 0.6 is 0 Å². The summed E-state index contributed by atoms with van der Waals surface area (Å²) in [4.78, 5) is 0. The lowest BCUT2D eigenvalue weighted by molar-refractivity contribution is 0.318. The quantitative estimate of drug-likeness (QED) is 0.670. The first-order chi connectivity index (χ1) is 9.24. The molecule has 0 saturated heterocycles. The fourth-order valence-corrected chi connectivity index (χ4v) is 3.06. The van der Waals surface area contributed by atoms with E-state index in [4.69, 9.17) is 0 Å². The van der Waals surface area contributed by atoms with Gasteiger partial charge in [-0.2, -0.15) is 0 Å². The zero-order chi connectivity index (χ0) is 13.7. The standard InChI is InChI=1S/C17H22F2/c1-2-13-5-7-14(8-6-13)16-10-9-15(4-3-11-18)17(19)12-16/h3,9-14H,2,4-8H2,1H3. The average Bonchev–Trinajstić information content (AvgIpc) is 2.46. The van der Waals surface area contributed by atoms with Gasteiger partial charge >= 0.3 is 0 Å². The lowest BCUT2D eigenvalue weighted by atomic mass is 9.77. The topological polar surface area (TPSA) is 0 Å². The van der Waals surface area contributed by atoms with Gasteiger partial charge in [0.15, 0.2) is 0 Å². The summed E-state index contributed by atoms with van der Waals surface area (Å²) in [6.45, 7) is 2.25. The summed E-state index contributed by atoms with van der Waals surface area (Å²) in [6, 6.07) is 5.47. The second-order valence-corrected chi connectivity index (χ2v) is 5.54. The predicted molar refractivity (Wildman–Crippen MR) is 75.3 cm³/mol. The average molecular weight is 264 g/mol. The van der Waals surface area contributed by atoms with Gasteiger partial charge in [-0.3, -0.25) is 0 Å². The second-order valence-electron chi connectivity index (χ2n) is 5.54. The molecular formula is C17H22F2. The molecule has 0 spiro atoms. The van der Waals surface area contributed by atoms with Crippen molar-refractivity contribution in [2.75, 3.05) is 0 Å². The van der Waals surface area contributed by atoms with Gasteiger partial charge in [0.1, 0.15) is 5.82 Å².